The lowest BCUT2D eigenvalue weighted by atomic mass is 10.2. The molecule has 3 amide bonds. The first kappa shape index (κ1) is 10.4. The quantitative estimate of drug-likeness (QED) is 0.578. The van der Waals surface area contributed by atoms with Crippen LogP contribution in [0.3, 0.4) is 0 Å². The Hall–Kier alpha value is -1.66. The van der Waals surface area contributed by atoms with E-state index < -0.39 is 30.3 Å². The summed E-state index contributed by atoms with van der Waals surface area (Å²) >= 11 is 0. The number of nitrogens with zero attached hydrogens (tertiary/aromatic N) is 1. The molecule has 0 aromatic rings. The number of ether oxygens (including phenoxy) is 1. The van der Waals surface area contributed by atoms with Crippen molar-refractivity contribution in [1.29, 1.82) is 0 Å². The van der Waals surface area contributed by atoms with Gasteiger partial charge in [0, 0.05) is 14.0 Å². The third-order valence-corrected chi connectivity index (χ3v) is 1.72. The SMILES string of the molecule is CC(=O)O[C@@H]1[C@@H](F)C(=O)NC(=O)N1C. The first-order chi connectivity index (χ1) is 6.43. The van der Waals surface area contributed by atoms with Gasteiger partial charge in [0.05, 0.1) is 0 Å². The van der Waals surface area contributed by atoms with E-state index in [1.807, 2.05) is 0 Å². The number of nitrogens with one attached hydrogen (secondary N) is 1. The number of halogens is 1. The van der Waals surface area contributed by atoms with Gasteiger partial charge in [0.2, 0.25) is 12.4 Å². The molecule has 0 aliphatic carbocycles. The van der Waals surface area contributed by atoms with Gasteiger partial charge in [-0.2, -0.15) is 0 Å². The molecule has 6 nitrogen and oxygen atoms in total. The largest absolute Gasteiger partial charge is 0.438 e. The normalized spacial score (nSPS) is 27.2. The average molecular weight is 204 g/mol. The number of rotatable bonds is 1. The van der Waals surface area contributed by atoms with Gasteiger partial charge in [0.1, 0.15) is 0 Å². The molecule has 1 heterocycles. The van der Waals surface area contributed by atoms with Gasteiger partial charge in [-0.15, -0.1) is 0 Å². The van der Waals surface area contributed by atoms with E-state index in [2.05, 4.69) is 4.74 Å². The maximum Gasteiger partial charge on any atom is 0.326 e. The lowest BCUT2D eigenvalue weighted by molar-refractivity contribution is -0.164. The van der Waals surface area contributed by atoms with E-state index in [-0.39, 0.29) is 0 Å². The first-order valence-electron chi connectivity index (χ1n) is 3.82. The van der Waals surface area contributed by atoms with Gasteiger partial charge in [-0.1, -0.05) is 0 Å². The van der Waals surface area contributed by atoms with Crippen LogP contribution in [0.5, 0.6) is 0 Å². The lowest BCUT2D eigenvalue weighted by Crippen LogP contribution is -2.61. The van der Waals surface area contributed by atoms with Gasteiger partial charge in [0.25, 0.3) is 5.91 Å². The van der Waals surface area contributed by atoms with Crippen LogP contribution in [0.1, 0.15) is 6.92 Å². The third kappa shape index (κ3) is 1.81. The molecular weight excluding hydrogens is 195 g/mol. The summed E-state index contributed by atoms with van der Waals surface area (Å²) in [5.74, 6) is -1.86. The zero-order valence-electron chi connectivity index (χ0n) is 7.61. The minimum absolute atomic E-state index is 0.757. The predicted octanol–water partition coefficient (Wildman–Crippen LogP) is -0.605. The second-order valence-corrected chi connectivity index (χ2v) is 2.81. The number of hydrogen-bond donors (Lipinski definition) is 1. The molecule has 1 fully saturated rings. The van der Waals surface area contributed by atoms with Crippen LogP contribution in [-0.4, -0.2) is 42.3 Å². The number of imide groups is 1. The number of carbonyl (C=O) groups is 3. The molecule has 1 saturated heterocycles. The Kier molecular flexibility index (Phi) is 2.68. The van der Waals surface area contributed by atoms with E-state index in [9.17, 15) is 18.8 Å². The number of alkyl halides is 1. The van der Waals surface area contributed by atoms with Gasteiger partial charge < -0.3 is 4.74 Å². The van der Waals surface area contributed by atoms with Gasteiger partial charge in [0.15, 0.2) is 0 Å². The molecule has 78 valence electrons. The molecule has 7 heteroatoms. The Balaban J connectivity index is 2.82. The van der Waals surface area contributed by atoms with Crippen molar-refractivity contribution in [2.75, 3.05) is 7.05 Å². The van der Waals surface area contributed by atoms with Crippen molar-refractivity contribution in [3.8, 4) is 0 Å². The summed E-state index contributed by atoms with van der Waals surface area (Å²) in [6, 6.07) is -0.796. The van der Waals surface area contributed by atoms with E-state index in [0.29, 0.717) is 0 Å². The number of esters is 1. The van der Waals surface area contributed by atoms with Crippen LogP contribution in [0.15, 0.2) is 0 Å². The van der Waals surface area contributed by atoms with Crippen molar-refractivity contribution < 1.29 is 23.5 Å². The maximum absolute atomic E-state index is 13.1. The van der Waals surface area contributed by atoms with Crippen molar-refractivity contribution in [3.05, 3.63) is 0 Å². The highest BCUT2D eigenvalue weighted by Crippen LogP contribution is 2.13. The van der Waals surface area contributed by atoms with Crippen molar-refractivity contribution in [1.82, 2.24) is 10.2 Å². The van der Waals surface area contributed by atoms with Crippen molar-refractivity contribution in [2.45, 2.75) is 19.3 Å². The summed E-state index contributed by atoms with van der Waals surface area (Å²) in [5, 5.41) is 1.76. The van der Waals surface area contributed by atoms with Gasteiger partial charge in [-0.05, 0) is 0 Å². The summed E-state index contributed by atoms with van der Waals surface area (Å²) in [7, 11) is 1.22. The van der Waals surface area contributed by atoms with E-state index in [0.717, 1.165) is 11.8 Å². The Morgan fingerprint density at radius 3 is 2.64 bits per heavy atom. The van der Waals surface area contributed by atoms with E-state index >= 15 is 0 Å². The van der Waals surface area contributed by atoms with Crippen molar-refractivity contribution in [2.24, 2.45) is 0 Å². The van der Waals surface area contributed by atoms with Gasteiger partial charge >= 0.3 is 12.0 Å². The topological polar surface area (TPSA) is 75.7 Å². The molecule has 0 bridgehead atoms. The average Bonchev–Trinajstić information content (AvgIpc) is 2.09. The fourth-order valence-corrected chi connectivity index (χ4v) is 1.01. The molecule has 2 atom stereocenters. The molecule has 1 rings (SSSR count). The summed E-state index contributed by atoms with van der Waals surface area (Å²) in [6.07, 6.45) is -3.53. The van der Waals surface area contributed by atoms with Crippen LogP contribution in [0, 0.1) is 0 Å². The zero-order chi connectivity index (χ0) is 10.9. The highest BCUT2D eigenvalue weighted by molar-refractivity contribution is 5.99. The summed E-state index contributed by atoms with van der Waals surface area (Å²) in [4.78, 5) is 33.2. The fraction of sp³-hybridized carbons (Fsp3) is 0.571. The van der Waals surface area contributed by atoms with Gasteiger partial charge in [-0.3, -0.25) is 19.8 Å². The fourth-order valence-electron chi connectivity index (χ4n) is 1.01. The first-order valence-corrected chi connectivity index (χ1v) is 3.82. The monoisotopic (exact) mass is 204 g/mol. The molecule has 0 aromatic carbocycles. The maximum atomic E-state index is 13.1. The molecule has 14 heavy (non-hydrogen) atoms. The highest BCUT2D eigenvalue weighted by Gasteiger charge is 2.42. The van der Waals surface area contributed by atoms with Gasteiger partial charge in [-0.25, -0.2) is 9.18 Å². The van der Waals surface area contributed by atoms with E-state index in [1.165, 1.54) is 7.05 Å². The Labute approximate surface area is 79.0 Å². The molecular formula is C7H9FN2O4. The molecule has 0 aromatic heterocycles. The molecule has 1 N–H and O–H groups in total. The molecule has 0 unspecified atom stereocenters. The molecule has 0 radical (unpaired) electrons. The van der Waals surface area contributed by atoms with Crippen LogP contribution >= 0.6 is 0 Å². The van der Waals surface area contributed by atoms with Crippen LogP contribution in [0.25, 0.3) is 0 Å². The Morgan fingerprint density at radius 1 is 1.57 bits per heavy atom. The van der Waals surface area contributed by atoms with Crippen LogP contribution in [0.4, 0.5) is 9.18 Å². The molecule has 1 aliphatic rings. The Bertz CT molecular complexity index is 273. The standard InChI is InChI=1S/C7H9FN2O4/c1-3(11)14-6-4(8)5(12)9-7(13)10(6)2/h4,6H,1-2H3,(H,9,12,13)/t4-,6+/m0/s1. The second-order valence-electron chi connectivity index (χ2n) is 2.81. The smallest absolute Gasteiger partial charge is 0.326 e. The highest BCUT2D eigenvalue weighted by atomic mass is 19.1. The Morgan fingerprint density at radius 2 is 2.14 bits per heavy atom. The van der Waals surface area contributed by atoms with Crippen LogP contribution in [-0.2, 0) is 14.3 Å². The van der Waals surface area contributed by atoms with Crippen LogP contribution in [0.2, 0.25) is 0 Å². The van der Waals surface area contributed by atoms with Crippen LogP contribution < -0.4 is 5.32 Å². The van der Waals surface area contributed by atoms with E-state index in [4.69, 9.17) is 0 Å². The summed E-state index contributed by atoms with van der Waals surface area (Å²) in [6.45, 7) is 1.07. The van der Waals surface area contributed by atoms with Crippen molar-refractivity contribution >= 4 is 17.9 Å². The number of urea groups is 1. The lowest BCUT2D eigenvalue weighted by Gasteiger charge is -2.32. The molecule has 0 saturated carbocycles. The summed E-state index contributed by atoms with van der Waals surface area (Å²) in [5.41, 5.74) is 0. The predicted molar refractivity (Wildman–Crippen MR) is 41.8 cm³/mol. The molecule has 0 spiro atoms. The molecule has 1 aliphatic heterocycles. The minimum Gasteiger partial charge on any atom is -0.438 e. The minimum atomic E-state index is -2.05. The number of carbonyl (C=O) groups excluding carboxylic acids is 3. The van der Waals surface area contributed by atoms with Crippen molar-refractivity contribution in [3.63, 3.8) is 0 Å². The zero-order valence-corrected chi connectivity index (χ0v) is 7.61. The van der Waals surface area contributed by atoms with E-state index in [1.54, 1.807) is 5.32 Å². The third-order valence-electron chi connectivity index (χ3n) is 1.72. The number of hydrogen-bond acceptors (Lipinski definition) is 4. The second kappa shape index (κ2) is 3.60. The number of amides is 3. The summed E-state index contributed by atoms with van der Waals surface area (Å²) < 4.78 is 17.6.